The first-order valence-electron chi connectivity index (χ1n) is 8.97. The van der Waals surface area contributed by atoms with Crippen molar-refractivity contribution >= 4 is 12.2 Å². The van der Waals surface area contributed by atoms with Crippen LogP contribution in [0, 0.1) is 11.3 Å². The first-order valence-corrected chi connectivity index (χ1v) is 8.97. The van der Waals surface area contributed by atoms with E-state index in [-0.39, 0.29) is 17.2 Å². The van der Waals surface area contributed by atoms with Crippen molar-refractivity contribution in [3.63, 3.8) is 0 Å². The van der Waals surface area contributed by atoms with E-state index in [9.17, 15) is 10.1 Å². The summed E-state index contributed by atoms with van der Waals surface area (Å²) in [5.74, 6) is 1.26. The number of nitriles is 1. The molecule has 2 N–H and O–H groups in total. The highest BCUT2D eigenvalue weighted by Gasteiger charge is 2.12. The van der Waals surface area contributed by atoms with E-state index in [0.717, 1.165) is 5.56 Å². The first-order chi connectivity index (χ1) is 14.7. The van der Waals surface area contributed by atoms with Crippen molar-refractivity contribution in [2.45, 2.75) is 0 Å². The van der Waals surface area contributed by atoms with Gasteiger partial charge in [0.05, 0.1) is 19.0 Å². The molecule has 0 aliphatic carbocycles. The van der Waals surface area contributed by atoms with Crippen molar-refractivity contribution < 1.29 is 9.47 Å². The van der Waals surface area contributed by atoms with Crippen LogP contribution in [0.3, 0.4) is 0 Å². The minimum atomic E-state index is -0.548. The second kappa shape index (κ2) is 9.71. The highest BCUT2D eigenvalue weighted by atomic mass is 16.5. The summed E-state index contributed by atoms with van der Waals surface area (Å²) >= 11 is 0. The number of aromatic amines is 1. The van der Waals surface area contributed by atoms with E-state index in [1.165, 1.54) is 0 Å². The minimum absolute atomic E-state index is 0.0603. The van der Waals surface area contributed by atoms with E-state index >= 15 is 0 Å². The van der Waals surface area contributed by atoms with Gasteiger partial charge in [0.15, 0.2) is 11.5 Å². The van der Waals surface area contributed by atoms with Gasteiger partial charge < -0.3 is 9.47 Å². The minimum Gasteiger partial charge on any atom is -0.493 e. The van der Waals surface area contributed by atoms with E-state index in [4.69, 9.17) is 9.47 Å². The van der Waals surface area contributed by atoms with Crippen LogP contribution < -0.4 is 20.5 Å². The Morgan fingerprint density at radius 2 is 2.07 bits per heavy atom. The highest BCUT2D eigenvalue weighted by Crippen LogP contribution is 2.27. The topological polar surface area (TPSA) is 112 Å². The Balaban J connectivity index is 1.85. The van der Waals surface area contributed by atoms with Gasteiger partial charge in [-0.1, -0.05) is 43.0 Å². The van der Waals surface area contributed by atoms with Crippen molar-refractivity contribution in [2.75, 3.05) is 19.1 Å². The SMILES string of the molecule is C=CCOc1cc(C=NNc2nc(-c3ccccc3)c(C#N)c(=O)[nH]2)ccc1OC. The molecule has 150 valence electrons. The summed E-state index contributed by atoms with van der Waals surface area (Å²) in [6, 6.07) is 16.2. The molecule has 3 rings (SSSR count). The lowest BCUT2D eigenvalue weighted by Gasteiger charge is -2.09. The average molecular weight is 401 g/mol. The normalized spacial score (nSPS) is 10.4. The standard InChI is InChI=1S/C22H19N5O3/c1-3-11-30-19-12-15(9-10-18(19)29-2)14-24-27-22-25-20(16-7-5-4-6-8-16)17(13-23)21(28)26-22/h3-10,12,14H,1,11H2,2H3,(H2,25,26,27,28). The Morgan fingerprint density at radius 1 is 1.27 bits per heavy atom. The van der Waals surface area contributed by atoms with Crippen molar-refractivity contribution in [3.05, 3.63) is 82.7 Å². The Labute approximate surface area is 173 Å². The molecule has 0 amide bonds. The number of hydrogen-bond acceptors (Lipinski definition) is 7. The molecule has 0 saturated carbocycles. The molecule has 0 unspecified atom stereocenters. The number of ether oxygens (including phenoxy) is 2. The molecule has 0 fully saturated rings. The monoisotopic (exact) mass is 401 g/mol. The van der Waals surface area contributed by atoms with Gasteiger partial charge in [0.2, 0.25) is 5.95 Å². The second-order valence-corrected chi connectivity index (χ2v) is 6.00. The van der Waals surface area contributed by atoms with Crippen LogP contribution in [0.25, 0.3) is 11.3 Å². The number of hydrogen-bond donors (Lipinski definition) is 2. The van der Waals surface area contributed by atoms with Crippen molar-refractivity contribution in [2.24, 2.45) is 5.10 Å². The number of hydrazone groups is 1. The fourth-order valence-corrected chi connectivity index (χ4v) is 2.64. The number of aromatic nitrogens is 2. The highest BCUT2D eigenvalue weighted by molar-refractivity contribution is 5.81. The van der Waals surface area contributed by atoms with Crippen molar-refractivity contribution in [1.82, 2.24) is 9.97 Å². The molecule has 1 aromatic heterocycles. The molecule has 2 aromatic carbocycles. The quantitative estimate of drug-likeness (QED) is 0.340. The lowest BCUT2D eigenvalue weighted by molar-refractivity contribution is 0.326. The van der Waals surface area contributed by atoms with Crippen molar-refractivity contribution in [1.29, 1.82) is 5.26 Å². The number of nitrogens with one attached hydrogen (secondary N) is 2. The summed E-state index contributed by atoms with van der Waals surface area (Å²) < 4.78 is 10.8. The number of anilines is 1. The largest absolute Gasteiger partial charge is 0.493 e. The summed E-state index contributed by atoms with van der Waals surface area (Å²) in [4.78, 5) is 19.1. The van der Waals surface area contributed by atoms with Crippen LogP contribution in [0.1, 0.15) is 11.1 Å². The molecule has 0 aliphatic heterocycles. The zero-order chi connectivity index (χ0) is 21.3. The molecular weight excluding hydrogens is 382 g/mol. The number of H-pyrrole nitrogens is 1. The Kier molecular flexibility index (Phi) is 6.59. The Morgan fingerprint density at radius 3 is 2.77 bits per heavy atom. The third-order valence-electron chi connectivity index (χ3n) is 4.01. The van der Waals surface area contributed by atoms with Crippen LogP contribution in [0.15, 0.2) is 71.1 Å². The Hall–Kier alpha value is -4.38. The molecular formula is C22H19N5O3. The van der Waals surface area contributed by atoms with Crippen LogP contribution >= 0.6 is 0 Å². The lowest BCUT2D eigenvalue weighted by Crippen LogP contribution is -2.16. The molecule has 0 atom stereocenters. The van der Waals surface area contributed by atoms with E-state index < -0.39 is 5.56 Å². The van der Waals surface area contributed by atoms with Gasteiger partial charge in [-0.3, -0.25) is 9.78 Å². The van der Waals surface area contributed by atoms with Gasteiger partial charge in [-0.15, -0.1) is 0 Å². The molecule has 8 nitrogen and oxygen atoms in total. The summed E-state index contributed by atoms with van der Waals surface area (Å²) in [5, 5.41) is 13.4. The summed E-state index contributed by atoms with van der Waals surface area (Å²) in [5.41, 5.74) is 3.76. The summed E-state index contributed by atoms with van der Waals surface area (Å²) in [6.07, 6.45) is 3.18. The van der Waals surface area contributed by atoms with Crippen LogP contribution in [-0.4, -0.2) is 29.9 Å². The molecule has 0 bridgehead atoms. The smallest absolute Gasteiger partial charge is 0.270 e. The molecule has 8 heteroatoms. The van der Waals surface area contributed by atoms with Crippen LogP contribution in [0.2, 0.25) is 0 Å². The average Bonchev–Trinajstić information content (AvgIpc) is 2.78. The van der Waals surface area contributed by atoms with Crippen molar-refractivity contribution in [3.8, 4) is 28.8 Å². The first kappa shape index (κ1) is 20.4. The predicted molar refractivity (Wildman–Crippen MR) is 115 cm³/mol. The van der Waals surface area contributed by atoms with Crippen LogP contribution in [-0.2, 0) is 0 Å². The lowest BCUT2D eigenvalue weighted by atomic mass is 10.1. The van der Waals surface area contributed by atoms with Gasteiger partial charge in [0.1, 0.15) is 18.2 Å². The second-order valence-electron chi connectivity index (χ2n) is 6.00. The van der Waals surface area contributed by atoms with Gasteiger partial charge in [0, 0.05) is 5.56 Å². The Bertz CT molecular complexity index is 1160. The molecule has 30 heavy (non-hydrogen) atoms. The fraction of sp³-hybridized carbons (Fsp3) is 0.0909. The van der Waals surface area contributed by atoms with Crippen LogP contribution in [0.4, 0.5) is 5.95 Å². The molecule has 0 aliphatic rings. The number of benzene rings is 2. The molecule has 1 heterocycles. The van der Waals surface area contributed by atoms with Gasteiger partial charge in [-0.25, -0.2) is 10.4 Å². The number of rotatable bonds is 8. The van der Waals surface area contributed by atoms with E-state index in [1.54, 1.807) is 61.9 Å². The van der Waals surface area contributed by atoms with Gasteiger partial charge >= 0.3 is 0 Å². The van der Waals surface area contributed by atoms with Gasteiger partial charge in [-0.05, 0) is 23.8 Å². The third-order valence-corrected chi connectivity index (χ3v) is 4.01. The van der Waals surface area contributed by atoms with Gasteiger partial charge in [0.25, 0.3) is 5.56 Å². The zero-order valence-electron chi connectivity index (χ0n) is 16.3. The maximum atomic E-state index is 12.3. The number of methoxy groups -OCH3 is 1. The van der Waals surface area contributed by atoms with Crippen LogP contribution in [0.5, 0.6) is 11.5 Å². The third kappa shape index (κ3) is 4.72. The predicted octanol–water partition coefficient (Wildman–Crippen LogP) is 3.33. The fourth-order valence-electron chi connectivity index (χ4n) is 2.64. The number of nitrogens with zero attached hydrogens (tertiary/aromatic N) is 3. The maximum Gasteiger partial charge on any atom is 0.270 e. The summed E-state index contributed by atoms with van der Waals surface area (Å²) in [7, 11) is 1.56. The van der Waals surface area contributed by atoms with Gasteiger partial charge in [-0.2, -0.15) is 10.4 Å². The molecule has 0 saturated heterocycles. The van der Waals surface area contributed by atoms with E-state index in [1.807, 2.05) is 12.1 Å². The molecule has 3 aromatic rings. The van der Waals surface area contributed by atoms with E-state index in [0.29, 0.717) is 23.7 Å². The maximum absolute atomic E-state index is 12.3. The molecule has 0 radical (unpaired) electrons. The zero-order valence-corrected chi connectivity index (χ0v) is 16.3. The molecule has 0 spiro atoms. The summed E-state index contributed by atoms with van der Waals surface area (Å²) in [6.45, 7) is 3.97. The van der Waals surface area contributed by atoms with E-state index in [2.05, 4.69) is 27.1 Å².